The van der Waals surface area contributed by atoms with Gasteiger partial charge in [0.1, 0.15) is 5.75 Å². The summed E-state index contributed by atoms with van der Waals surface area (Å²) in [6.07, 6.45) is 0. The fourth-order valence-corrected chi connectivity index (χ4v) is 2.05. The molecule has 0 aliphatic carbocycles. The van der Waals surface area contributed by atoms with Crippen molar-refractivity contribution in [2.24, 2.45) is 0 Å². The number of hydrogen-bond acceptors (Lipinski definition) is 4. The van der Waals surface area contributed by atoms with Crippen LogP contribution in [0.2, 0.25) is 0 Å². The van der Waals surface area contributed by atoms with Gasteiger partial charge in [-0.25, -0.2) is 0 Å². The molecule has 0 unspecified atom stereocenters. The van der Waals surface area contributed by atoms with Gasteiger partial charge >= 0.3 is 0 Å². The summed E-state index contributed by atoms with van der Waals surface area (Å²) in [6.45, 7) is 2.29. The molecule has 0 spiro atoms. The zero-order valence-corrected chi connectivity index (χ0v) is 11.4. The average molecular weight is 272 g/mol. The SMILES string of the molecule is COc1ccccc1CNc1cccc([N+](=O)[O-])c1C. The second-order valence-electron chi connectivity index (χ2n) is 4.37. The van der Waals surface area contributed by atoms with Gasteiger partial charge in [0.2, 0.25) is 0 Å². The number of anilines is 1. The largest absolute Gasteiger partial charge is 0.496 e. The highest BCUT2D eigenvalue weighted by Crippen LogP contribution is 2.26. The monoisotopic (exact) mass is 272 g/mol. The molecule has 5 heteroatoms. The van der Waals surface area contributed by atoms with Crippen molar-refractivity contribution in [2.75, 3.05) is 12.4 Å². The summed E-state index contributed by atoms with van der Waals surface area (Å²) >= 11 is 0. The molecule has 0 heterocycles. The van der Waals surface area contributed by atoms with E-state index in [4.69, 9.17) is 4.74 Å². The van der Waals surface area contributed by atoms with E-state index in [2.05, 4.69) is 5.32 Å². The maximum absolute atomic E-state index is 10.9. The third-order valence-electron chi connectivity index (χ3n) is 3.16. The summed E-state index contributed by atoms with van der Waals surface area (Å²) in [5.74, 6) is 0.795. The number of nitrogens with zero attached hydrogens (tertiary/aromatic N) is 1. The number of ether oxygens (including phenoxy) is 1. The quantitative estimate of drug-likeness (QED) is 0.668. The third kappa shape index (κ3) is 2.88. The average Bonchev–Trinajstić information content (AvgIpc) is 2.46. The van der Waals surface area contributed by atoms with Crippen LogP contribution in [0.15, 0.2) is 42.5 Å². The molecule has 1 N–H and O–H groups in total. The van der Waals surface area contributed by atoms with Gasteiger partial charge in [-0.2, -0.15) is 0 Å². The Kier molecular flexibility index (Phi) is 4.20. The molecule has 0 amide bonds. The first-order valence-corrected chi connectivity index (χ1v) is 6.23. The highest BCUT2D eigenvalue weighted by Gasteiger charge is 2.13. The fourth-order valence-electron chi connectivity index (χ4n) is 2.05. The van der Waals surface area contributed by atoms with Gasteiger partial charge in [-0.05, 0) is 19.1 Å². The lowest BCUT2D eigenvalue weighted by Crippen LogP contribution is -2.04. The number of rotatable bonds is 5. The van der Waals surface area contributed by atoms with E-state index in [0.29, 0.717) is 12.1 Å². The molecular formula is C15H16N2O3. The summed E-state index contributed by atoms with van der Waals surface area (Å²) in [7, 11) is 1.62. The van der Waals surface area contributed by atoms with Crippen molar-refractivity contribution in [3.8, 4) is 5.75 Å². The third-order valence-corrected chi connectivity index (χ3v) is 3.16. The van der Waals surface area contributed by atoms with Crippen molar-refractivity contribution in [2.45, 2.75) is 13.5 Å². The lowest BCUT2D eigenvalue weighted by molar-refractivity contribution is -0.385. The predicted octanol–water partition coefficient (Wildman–Crippen LogP) is 3.52. The van der Waals surface area contributed by atoms with E-state index in [9.17, 15) is 10.1 Å². The Balaban J connectivity index is 2.19. The van der Waals surface area contributed by atoms with Gasteiger partial charge in [-0.3, -0.25) is 10.1 Å². The minimum Gasteiger partial charge on any atom is -0.496 e. The molecule has 2 rings (SSSR count). The van der Waals surface area contributed by atoms with Gasteiger partial charge in [0.25, 0.3) is 5.69 Å². The first-order valence-electron chi connectivity index (χ1n) is 6.23. The molecule has 0 bridgehead atoms. The summed E-state index contributed by atoms with van der Waals surface area (Å²) < 4.78 is 5.28. The van der Waals surface area contributed by atoms with E-state index in [1.807, 2.05) is 30.3 Å². The Labute approximate surface area is 117 Å². The van der Waals surface area contributed by atoms with Gasteiger partial charge in [0.15, 0.2) is 0 Å². The van der Waals surface area contributed by atoms with E-state index in [0.717, 1.165) is 17.0 Å². The highest BCUT2D eigenvalue weighted by molar-refractivity contribution is 5.60. The molecule has 0 aliphatic heterocycles. The molecule has 0 aromatic heterocycles. The van der Waals surface area contributed by atoms with Crippen LogP contribution in [0.4, 0.5) is 11.4 Å². The topological polar surface area (TPSA) is 64.4 Å². The first-order chi connectivity index (χ1) is 9.63. The van der Waals surface area contributed by atoms with Crippen LogP contribution in [-0.4, -0.2) is 12.0 Å². The molecule has 20 heavy (non-hydrogen) atoms. The number of nitrogens with one attached hydrogen (secondary N) is 1. The Morgan fingerprint density at radius 2 is 1.95 bits per heavy atom. The molecular weight excluding hydrogens is 256 g/mol. The van der Waals surface area contributed by atoms with Crippen molar-refractivity contribution in [1.29, 1.82) is 0 Å². The summed E-state index contributed by atoms with van der Waals surface area (Å²) in [5, 5.41) is 14.1. The van der Waals surface area contributed by atoms with E-state index in [-0.39, 0.29) is 10.6 Å². The van der Waals surface area contributed by atoms with Gasteiger partial charge < -0.3 is 10.1 Å². The maximum atomic E-state index is 10.9. The zero-order chi connectivity index (χ0) is 14.5. The number of benzene rings is 2. The van der Waals surface area contributed by atoms with Crippen LogP contribution in [0.25, 0.3) is 0 Å². The first kappa shape index (κ1) is 13.9. The normalized spacial score (nSPS) is 10.1. The standard InChI is InChI=1S/C15H16N2O3/c1-11-13(7-5-8-14(11)17(18)19)16-10-12-6-3-4-9-15(12)20-2/h3-9,16H,10H2,1-2H3. The van der Waals surface area contributed by atoms with Crippen LogP contribution >= 0.6 is 0 Å². The van der Waals surface area contributed by atoms with E-state index in [1.165, 1.54) is 6.07 Å². The fraction of sp³-hybridized carbons (Fsp3) is 0.200. The number of hydrogen-bond donors (Lipinski definition) is 1. The highest BCUT2D eigenvalue weighted by atomic mass is 16.6. The molecule has 0 saturated carbocycles. The van der Waals surface area contributed by atoms with Crippen molar-refractivity contribution < 1.29 is 9.66 Å². The van der Waals surface area contributed by atoms with Gasteiger partial charge in [-0.1, -0.05) is 24.3 Å². The summed E-state index contributed by atoms with van der Waals surface area (Å²) in [6, 6.07) is 12.7. The Bertz CT molecular complexity index is 626. The predicted molar refractivity (Wildman–Crippen MR) is 78.2 cm³/mol. The molecule has 0 saturated heterocycles. The van der Waals surface area contributed by atoms with Crippen LogP contribution in [0.5, 0.6) is 5.75 Å². The molecule has 0 aliphatic rings. The summed E-state index contributed by atoms with van der Waals surface area (Å²) in [5.41, 5.74) is 2.51. The zero-order valence-electron chi connectivity index (χ0n) is 11.4. The Hall–Kier alpha value is -2.56. The number of methoxy groups -OCH3 is 1. The molecule has 5 nitrogen and oxygen atoms in total. The van der Waals surface area contributed by atoms with Crippen molar-refractivity contribution in [3.05, 3.63) is 63.7 Å². The molecule has 0 fully saturated rings. The van der Waals surface area contributed by atoms with Crippen LogP contribution in [0.1, 0.15) is 11.1 Å². The van der Waals surface area contributed by atoms with Gasteiger partial charge in [-0.15, -0.1) is 0 Å². The molecule has 2 aromatic rings. The summed E-state index contributed by atoms with van der Waals surface area (Å²) in [4.78, 5) is 10.5. The van der Waals surface area contributed by atoms with E-state index >= 15 is 0 Å². The minimum absolute atomic E-state index is 0.120. The maximum Gasteiger partial charge on any atom is 0.274 e. The number of nitro groups is 1. The van der Waals surface area contributed by atoms with E-state index < -0.39 is 0 Å². The smallest absolute Gasteiger partial charge is 0.274 e. The van der Waals surface area contributed by atoms with Gasteiger partial charge in [0, 0.05) is 29.4 Å². The molecule has 0 atom stereocenters. The lowest BCUT2D eigenvalue weighted by atomic mass is 10.1. The second-order valence-corrected chi connectivity index (χ2v) is 4.37. The number of para-hydroxylation sites is 1. The van der Waals surface area contributed by atoms with Crippen LogP contribution < -0.4 is 10.1 Å². The van der Waals surface area contributed by atoms with E-state index in [1.54, 1.807) is 20.1 Å². The van der Waals surface area contributed by atoms with Crippen molar-refractivity contribution in [3.63, 3.8) is 0 Å². The lowest BCUT2D eigenvalue weighted by Gasteiger charge is -2.12. The second kappa shape index (κ2) is 6.06. The van der Waals surface area contributed by atoms with Crippen LogP contribution in [0, 0.1) is 17.0 Å². The molecule has 0 radical (unpaired) electrons. The minimum atomic E-state index is -0.371. The van der Waals surface area contributed by atoms with Crippen LogP contribution in [-0.2, 0) is 6.54 Å². The number of nitro benzene ring substituents is 1. The Morgan fingerprint density at radius 1 is 1.20 bits per heavy atom. The van der Waals surface area contributed by atoms with Crippen LogP contribution in [0.3, 0.4) is 0 Å². The molecule has 104 valence electrons. The van der Waals surface area contributed by atoms with Gasteiger partial charge in [0.05, 0.1) is 12.0 Å². The van der Waals surface area contributed by atoms with Crippen molar-refractivity contribution >= 4 is 11.4 Å². The van der Waals surface area contributed by atoms with Crippen molar-refractivity contribution in [1.82, 2.24) is 0 Å². The Morgan fingerprint density at radius 3 is 2.65 bits per heavy atom. The molecule has 2 aromatic carbocycles.